The predicted molar refractivity (Wildman–Crippen MR) is 130 cm³/mol. The van der Waals surface area contributed by atoms with Crippen molar-refractivity contribution >= 4 is 28.9 Å². The summed E-state index contributed by atoms with van der Waals surface area (Å²) in [5.74, 6) is 1.29. The topological polar surface area (TPSA) is 41.6 Å². The summed E-state index contributed by atoms with van der Waals surface area (Å²) in [6.45, 7) is 0. The smallest absolute Gasteiger partial charge is 0.261 e. The Hall–Kier alpha value is -3.96. The van der Waals surface area contributed by atoms with Crippen LogP contribution in [0.1, 0.15) is 11.1 Å². The van der Waals surface area contributed by atoms with E-state index in [1.165, 1.54) is 0 Å². The summed E-state index contributed by atoms with van der Waals surface area (Å²) in [5, 5.41) is 3.26. The number of amides is 1. The second-order valence-electron chi connectivity index (χ2n) is 7.45. The van der Waals surface area contributed by atoms with Crippen molar-refractivity contribution in [3.8, 4) is 11.5 Å². The van der Waals surface area contributed by atoms with Gasteiger partial charge in [-0.3, -0.25) is 15.0 Å². The van der Waals surface area contributed by atoms with Crippen LogP contribution >= 0.6 is 12.2 Å². The molecule has 1 amide bonds. The number of nitrogens with zero attached hydrogens (tertiary/aromatic N) is 1. The van der Waals surface area contributed by atoms with Gasteiger partial charge in [-0.1, -0.05) is 78.9 Å². The molecule has 0 saturated carbocycles. The zero-order chi connectivity index (χ0) is 22.0. The number of rotatable bonds is 5. The van der Waals surface area contributed by atoms with Gasteiger partial charge in [-0.2, -0.15) is 0 Å². The molecule has 1 aliphatic heterocycles. The first kappa shape index (κ1) is 20.0. The average molecular weight is 437 g/mol. The Bertz CT molecular complexity index is 1200. The van der Waals surface area contributed by atoms with Crippen LogP contribution in [0.3, 0.4) is 0 Å². The SMILES string of the molecule is O=C1NC(=S)N(c2ccc(Oc3ccccc3)cc2)C1(c1ccccc1)c1ccccc1. The summed E-state index contributed by atoms with van der Waals surface area (Å²) in [7, 11) is 0. The summed E-state index contributed by atoms with van der Waals surface area (Å²) in [6, 6.07) is 36.7. The number of carbonyl (C=O) groups is 1. The van der Waals surface area contributed by atoms with Crippen molar-refractivity contribution in [3.05, 3.63) is 126 Å². The Morgan fingerprint density at radius 3 is 1.66 bits per heavy atom. The largest absolute Gasteiger partial charge is 0.457 e. The summed E-state index contributed by atoms with van der Waals surface area (Å²) in [5.41, 5.74) is 1.37. The van der Waals surface area contributed by atoms with Crippen molar-refractivity contribution in [2.24, 2.45) is 0 Å². The van der Waals surface area contributed by atoms with Gasteiger partial charge in [0.05, 0.1) is 0 Å². The number of para-hydroxylation sites is 1. The molecule has 4 aromatic carbocycles. The molecule has 0 spiro atoms. The third-order valence-corrected chi connectivity index (χ3v) is 5.83. The van der Waals surface area contributed by atoms with Gasteiger partial charge in [0, 0.05) is 5.69 Å². The summed E-state index contributed by atoms with van der Waals surface area (Å²) in [4.78, 5) is 15.4. The van der Waals surface area contributed by atoms with Crippen molar-refractivity contribution < 1.29 is 9.53 Å². The highest BCUT2D eigenvalue weighted by atomic mass is 32.1. The van der Waals surface area contributed by atoms with E-state index in [0.717, 1.165) is 22.6 Å². The summed E-state index contributed by atoms with van der Waals surface area (Å²) >= 11 is 5.65. The molecule has 0 unspecified atom stereocenters. The molecule has 1 aliphatic rings. The molecule has 5 rings (SSSR count). The van der Waals surface area contributed by atoms with Crippen LogP contribution in [0.15, 0.2) is 115 Å². The fraction of sp³-hybridized carbons (Fsp3) is 0.0370. The third-order valence-electron chi connectivity index (χ3n) is 5.54. The van der Waals surface area contributed by atoms with Gasteiger partial charge in [0.1, 0.15) is 11.5 Å². The average Bonchev–Trinajstić information content (AvgIpc) is 3.12. The maximum Gasteiger partial charge on any atom is 0.261 e. The second-order valence-corrected chi connectivity index (χ2v) is 7.83. The van der Waals surface area contributed by atoms with Gasteiger partial charge >= 0.3 is 0 Å². The lowest BCUT2D eigenvalue weighted by molar-refractivity contribution is -0.122. The highest BCUT2D eigenvalue weighted by molar-refractivity contribution is 7.80. The van der Waals surface area contributed by atoms with E-state index in [1.54, 1.807) is 0 Å². The molecule has 5 heteroatoms. The van der Waals surface area contributed by atoms with E-state index in [0.29, 0.717) is 10.9 Å². The monoisotopic (exact) mass is 436 g/mol. The lowest BCUT2D eigenvalue weighted by atomic mass is 9.81. The summed E-state index contributed by atoms with van der Waals surface area (Å²) in [6.07, 6.45) is 0. The molecule has 1 fully saturated rings. The zero-order valence-electron chi connectivity index (χ0n) is 17.1. The fourth-order valence-corrected chi connectivity index (χ4v) is 4.48. The van der Waals surface area contributed by atoms with Crippen molar-refractivity contribution in [1.82, 2.24) is 5.32 Å². The molecule has 156 valence electrons. The van der Waals surface area contributed by atoms with E-state index in [4.69, 9.17) is 17.0 Å². The Balaban J connectivity index is 1.61. The van der Waals surface area contributed by atoms with Gasteiger partial charge in [0.15, 0.2) is 10.7 Å². The van der Waals surface area contributed by atoms with Gasteiger partial charge in [0.2, 0.25) is 0 Å². The molecule has 0 radical (unpaired) electrons. The molecule has 4 nitrogen and oxygen atoms in total. The number of anilines is 1. The van der Waals surface area contributed by atoms with Gasteiger partial charge in [-0.15, -0.1) is 0 Å². The first-order valence-electron chi connectivity index (χ1n) is 10.3. The standard InChI is InChI=1S/C27H20N2O2S/c30-25-27(20-10-4-1-5-11-20,21-12-6-2-7-13-21)29(26(32)28-25)22-16-18-24(19-17-22)31-23-14-8-3-9-15-23/h1-19H,(H,28,30,32). The van der Waals surface area contributed by atoms with Crippen LogP contribution in [0, 0.1) is 0 Å². The lowest BCUT2D eigenvalue weighted by Crippen LogP contribution is -2.48. The van der Waals surface area contributed by atoms with Crippen LogP contribution in [-0.4, -0.2) is 11.0 Å². The van der Waals surface area contributed by atoms with Crippen LogP contribution in [0.4, 0.5) is 5.69 Å². The van der Waals surface area contributed by atoms with E-state index in [2.05, 4.69) is 5.32 Å². The molecule has 1 N–H and O–H groups in total. The first-order chi connectivity index (χ1) is 15.7. The highest BCUT2D eigenvalue weighted by Gasteiger charge is 2.54. The van der Waals surface area contributed by atoms with E-state index in [-0.39, 0.29) is 5.91 Å². The zero-order valence-corrected chi connectivity index (χ0v) is 18.0. The number of thiocarbonyl (C=S) groups is 1. The van der Waals surface area contributed by atoms with Crippen molar-refractivity contribution in [2.75, 3.05) is 4.90 Å². The number of benzene rings is 4. The minimum atomic E-state index is -1.11. The lowest BCUT2D eigenvalue weighted by Gasteiger charge is -2.37. The van der Waals surface area contributed by atoms with E-state index >= 15 is 0 Å². The summed E-state index contributed by atoms with van der Waals surface area (Å²) < 4.78 is 5.93. The minimum absolute atomic E-state index is 0.176. The number of nitrogens with one attached hydrogen (secondary N) is 1. The number of hydrogen-bond donors (Lipinski definition) is 1. The Morgan fingerprint density at radius 2 is 1.12 bits per heavy atom. The molecular weight excluding hydrogens is 416 g/mol. The first-order valence-corrected chi connectivity index (χ1v) is 10.7. The van der Waals surface area contributed by atoms with E-state index < -0.39 is 5.54 Å². The Morgan fingerprint density at radius 1 is 0.656 bits per heavy atom. The molecule has 1 heterocycles. The normalized spacial score (nSPS) is 14.8. The fourth-order valence-electron chi connectivity index (χ4n) is 4.14. The highest BCUT2D eigenvalue weighted by Crippen LogP contribution is 2.43. The quantitative estimate of drug-likeness (QED) is 0.411. The van der Waals surface area contributed by atoms with Crippen LogP contribution in [0.25, 0.3) is 0 Å². The van der Waals surface area contributed by atoms with Gasteiger partial charge in [0.25, 0.3) is 5.91 Å². The van der Waals surface area contributed by atoms with Crippen molar-refractivity contribution in [3.63, 3.8) is 0 Å². The predicted octanol–water partition coefficient (Wildman–Crippen LogP) is 5.64. The maximum absolute atomic E-state index is 13.5. The van der Waals surface area contributed by atoms with E-state index in [9.17, 15) is 4.79 Å². The maximum atomic E-state index is 13.5. The molecule has 0 aliphatic carbocycles. The molecule has 4 aromatic rings. The van der Waals surface area contributed by atoms with Crippen LogP contribution in [-0.2, 0) is 10.3 Å². The van der Waals surface area contributed by atoms with E-state index in [1.807, 2.05) is 120 Å². The number of carbonyl (C=O) groups excluding carboxylic acids is 1. The molecule has 32 heavy (non-hydrogen) atoms. The molecular formula is C27H20N2O2S. The Labute approximate surface area is 192 Å². The number of hydrogen-bond acceptors (Lipinski definition) is 3. The van der Waals surface area contributed by atoms with Crippen molar-refractivity contribution in [1.29, 1.82) is 0 Å². The molecule has 0 bridgehead atoms. The van der Waals surface area contributed by atoms with Crippen LogP contribution in [0.5, 0.6) is 11.5 Å². The third kappa shape index (κ3) is 3.33. The van der Waals surface area contributed by atoms with Gasteiger partial charge in [-0.25, -0.2) is 0 Å². The second kappa shape index (κ2) is 8.29. The van der Waals surface area contributed by atoms with Crippen LogP contribution < -0.4 is 15.0 Å². The van der Waals surface area contributed by atoms with Gasteiger partial charge < -0.3 is 4.74 Å². The van der Waals surface area contributed by atoms with Gasteiger partial charge in [-0.05, 0) is 59.7 Å². The molecule has 1 saturated heterocycles. The van der Waals surface area contributed by atoms with Crippen molar-refractivity contribution in [2.45, 2.75) is 5.54 Å². The van der Waals surface area contributed by atoms with Crippen LogP contribution in [0.2, 0.25) is 0 Å². The molecule has 0 aromatic heterocycles. The number of ether oxygens (including phenoxy) is 1. The minimum Gasteiger partial charge on any atom is -0.457 e. The Kier molecular flexibility index (Phi) is 5.17. The molecule has 0 atom stereocenters.